The average Bonchev–Trinajstić information content (AvgIpc) is 2.99. The van der Waals surface area contributed by atoms with Crippen molar-refractivity contribution < 1.29 is 9.18 Å². The fourth-order valence-corrected chi connectivity index (χ4v) is 4.36. The highest BCUT2D eigenvalue weighted by atomic mass is 32.2. The Kier molecular flexibility index (Phi) is 4.91. The zero-order valence-electron chi connectivity index (χ0n) is 13.9. The molecule has 25 heavy (non-hydrogen) atoms. The second-order valence-electron chi connectivity index (χ2n) is 5.70. The molecule has 8 heteroatoms. The van der Waals surface area contributed by atoms with Gasteiger partial charge in [-0.05, 0) is 24.6 Å². The number of rotatable bonds is 4. The van der Waals surface area contributed by atoms with E-state index in [4.69, 9.17) is 0 Å². The van der Waals surface area contributed by atoms with Gasteiger partial charge in [-0.2, -0.15) is 0 Å². The molecule has 3 aromatic rings. The maximum absolute atomic E-state index is 13.1. The number of fused-ring (bicyclic) bond motifs is 1. The molecule has 2 heterocycles. The standard InChI is InChI=1S/C17H16FN3O2S2/c1-9(16(23)21(2)3)25-17-19-14(22)13-12(8-24-15(13)20-17)10-4-6-11(18)7-5-10/h4-9H,1-3H3,(H,19,20,22)/t9-/m0/s1. The number of nitrogens with zero attached hydrogens (tertiary/aromatic N) is 2. The minimum Gasteiger partial charge on any atom is -0.348 e. The Bertz CT molecular complexity index is 980. The third kappa shape index (κ3) is 3.59. The minimum absolute atomic E-state index is 0.0501. The van der Waals surface area contributed by atoms with Crippen molar-refractivity contribution in [1.82, 2.24) is 14.9 Å². The second-order valence-corrected chi connectivity index (χ2v) is 7.89. The van der Waals surface area contributed by atoms with Crippen LogP contribution in [0.1, 0.15) is 6.92 Å². The summed E-state index contributed by atoms with van der Waals surface area (Å²) in [5.41, 5.74) is 1.22. The van der Waals surface area contributed by atoms with Gasteiger partial charge in [0.25, 0.3) is 5.56 Å². The van der Waals surface area contributed by atoms with E-state index in [1.54, 1.807) is 33.2 Å². The van der Waals surface area contributed by atoms with Crippen LogP contribution in [0.3, 0.4) is 0 Å². The Morgan fingerprint density at radius 3 is 2.64 bits per heavy atom. The number of thioether (sulfide) groups is 1. The Balaban J connectivity index is 1.98. The number of H-pyrrole nitrogens is 1. The topological polar surface area (TPSA) is 66.1 Å². The lowest BCUT2D eigenvalue weighted by Crippen LogP contribution is -2.30. The van der Waals surface area contributed by atoms with Crippen LogP contribution in [0.15, 0.2) is 39.6 Å². The van der Waals surface area contributed by atoms with Crippen molar-refractivity contribution in [3.05, 3.63) is 45.8 Å². The van der Waals surface area contributed by atoms with Crippen LogP contribution in [0.5, 0.6) is 0 Å². The summed E-state index contributed by atoms with van der Waals surface area (Å²) >= 11 is 2.56. The highest BCUT2D eigenvalue weighted by Gasteiger charge is 2.19. The summed E-state index contributed by atoms with van der Waals surface area (Å²) < 4.78 is 13.1. The highest BCUT2D eigenvalue weighted by molar-refractivity contribution is 8.00. The van der Waals surface area contributed by atoms with E-state index in [0.717, 1.165) is 11.1 Å². The molecule has 1 atom stereocenters. The summed E-state index contributed by atoms with van der Waals surface area (Å²) in [6, 6.07) is 5.99. The summed E-state index contributed by atoms with van der Waals surface area (Å²) in [6.45, 7) is 1.77. The molecular formula is C17H16FN3O2S2. The Labute approximate surface area is 151 Å². The van der Waals surface area contributed by atoms with Crippen molar-refractivity contribution in [3.8, 4) is 11.1 Å². The lowest BCUT2D eigenvalue weighted by molar-refractivity contribution is -0.127. The van der Waals surface area contributed by atoms with E-state index >= 15 is 0 Å². The Hall–Kier alpha value is -2.19. The summed E-state index contributed by atoms with van der Waals surface area (Å²) in [4.78, 5) is 33.8. The molecular weight excluding hydrogens is 361 g/mol. The molecule has 0 unspecified atom stereocenters. The highest BCUT2D eigenvalue weighted by Crippen LogP contribution is 2.32. The van der Waals surface area contributed by atoms with E-state index in [0.29, 0.717) is 15.4 Å². The number of nitrogens with one attached hydrogen (secondary N) is 1. The molecule has 0 aliphatic carbocycles. The first-order chi connectivity index (χ1) is 11.9. The number of aromatic nitrogens is 2. The van der Waals surface area contributed by atoms with Gasteiger partial charge in [-0.15, -0.1) is 11.3 Å². The van der Waals surface area contributed by atoms with Crippen molar-refractivity contribution in [2.75, 3.05) is 14.1 Å². The third-order valence-corrected chi connectivity index (χ3v) is 5.50. The molecule has 5 nitrogen and oxygen atoms in total. The van der Waals surface area contributed by atoms with Crippen molar-refractivity contribution in [1.29, 1.82) is 0 Å². The van der Waals surface area contributed by atoms with Gasteiger partial charge in [-0.25, -0.2) is 9.37 Å². The first kappa shape index (κ1) is 17.6. The zero-order valence-corrected chi connectivity index (χ0v) is 15.5. The number of benzene rings is 1. The number of carbonyl (C=O) groups is 1. The van der Waals surface area contributed by atoms with Crippen molar-refractivity contribution in [2.45, 2.75) is 17.3 Å². The quantitative estimate of drug-likeness (QED) is 0.559. The van der Waals surface area contributed by atoms with Gasteiger partial charge in [-0.1, -0.05) is 23.9 Å². The van der Waals surface area contributed by atoms with Crippen LogP contribution in [0, 0.1) is 5.82 Å². The Morgan fingerprint density at radius 1 is 1.32 bits per heavy atom. The Morgan fingerprint density at radius 2 is 2.00 bits per heavy atom. The number of aromatic amines is 1. The molecule has 130 valence electrons. The largest absolute Gasteiger partial charge is 0.348 e. The van der Waals surface area contributed by atoms with Crippen LogP contribution in [-0.2, 0) is 4.79 Å². The average molecular weight is 377 g/mol. The molecule has 0 bridgehead atoms. The molecule has 0 aliphatic rings. The molecule has 0 saturated heterocycles. The van der Waals surface area contributed by atoms with Gasteiger partial charge < -0.3 is 9.88 Å². The van der Waals surface area contributed by atoms with Gasteiger partial charge in [0.1, 0.15) is 10.6 Å². The minimum atomic E-state index is -0.355. The summed E-state index contributed by atoms with van der Waals surface area (Å²) in [5.74, 6) is -0.375. The zero-order chi connectivity index (χ0) is 18.1. The van der Waals surface area contributed by atoms with Gasteiger partial charge in [0.05, 0.1) is 10.6 Å². The third-order valence-electron chi connectivity index (χ3n) is 3.65. The van der Waals surface area contributed by atoms with E-state index in [1.165, 1.54) is 40.1 Å². The lowest BCUT2D eigenvalue weighted by atomic mass is 10.1. The molecule has 1 amide bonds. The fourth-order valence-electron chi connectivity index (χ4n) is 2.41. The monoisotopic (exact) mass is 377 g/mol. The van der Waals surface area contributed by atoms with Gasteiger partial charge in [0.2, 0.25) is 5.91 Å². The molecule has 1 N–H and O–H groups in total. The maximum Gasteiger partial charge on any atom is 0.260 e. The molecule has 1 aromatic carbocycles. The molecule has 0 fully saturated rings. The normalized spacial score (nSPS) is 12.3. The van der Waals surface area contributed by atoms with Crippen molar-refractivity contribution in [2.24, 2.45) is 0 Å². The molecule has 0 aliphatic heterocycles. The van der Waals surface area contributed by atoms with E-state index in [9.17, 15) is 14.0 Å². The fraction of sp³-hybridized carbons (Fsp3) is 0.235. The molecule has 3 rings (SSSR count). The number of amides is 1. The number of carbonyl (C=O) groups excluding carboxylic acids is 1. The predicted octanol–water partition coefficient (Wildman–Crippen LogP) is 3.36. The van der Waals surface area contributed by atoms with Gasteiger partial charge in [0.15, 0.2) is 5.16 Å². The maximum atomic E-state index is 13.1. The SMILES string of the molecule is C[C@H](Sc1nc2scc(-c3ccc(F)cc3)c2c(=O)[nH]1)C(=O)N(C)C. The molecule has 0 radical (unpaired) electrons. The van der Waals surface area contributed by atoms with Crippen molar-refractivity contribution in [3.63, 3.8) is 0 Å². The van der Waals surface area contributed by atoms with Gasteiger partial charge in [0, 0.05) is 25.0 Å². The van der Waals surface area contributed by atoms with E-state index in [2.05, 4.69) is 9.97 Å². The molecule has 2 aromatic heterocycles. The lowest BCUT2D eigenvalue weighted by Gasteiger charge is -2.15. The smallest absolute Gasteiger partial charge is 0.260 e. The van der Waals surface area contributed by atoms with Crippen LogP contribution < -0.4 is 5.56 Å². The van der Waals surface area contributed by atoms with E-state index in [-0.39, 0.29) is 22.5 Å². The predicted molar refractivity (Wildman–Crippen MR) is 99.6 cm³/mol. The van der Waals surface area contributed by atoms with Crippen LogP contribution >= 0.6 is 23.1 Å². The van der Waals surface area contributed by atoms with Crippen LogP contribution in [0.25, 0.3) is 21.3 Å². The summed E-state index contributed by atoms with van der Waals surface area (Å²) in [7, 11) is 3.38. The second kappa shape index (κ2) is 6.97. The van der Waals surface area contributed by atoms with E-state index < -0.39 is 0 Å². The summed E-state index contributed by atoms with van der Waals surface area (Å²) in [5, 5.41) is 2.37. The molecule has 0 saturated carbocycles. The number of hydrogen-bond donors (Lipinski definition) is 1. The van der Waals surface area contributed by atoms with Crippen LogP contribution in [0.4, 0.5) is 4.39 Å². The van der Waals surface area contributed by atoms with Gasteiger partial charge in [-0.3, -0.25) is 9.59 Å². The van der Waals surface area contributed by atoms with Crippen LogP contribution in [0.2, 0.25) is 0 Å². The summed E-state index contributed by atoms with van der Waals surface area (Å²) in [6.07, 6.45) is 0. The van der Waals surface area contributed by atoms with E-state index in [1.807, 2.05) is 5.38 Å². The number of halogens is 1. The first-order valence-electron chi connectivity index (χ1n) is 7.52. The number of thiophene rings is 1. The number of hydrogen-bond acceptors (Lipinski definition) is 5. The molecule has 0 spiro atoms. The van der Waals surface area contributed by atoms with Crippen LogP contribution in [-0.4, -0.2) is 40.1 Å². The van der Waals surface area contributed by atoms with Gasteiger partial charge >= 0.3 is 0 Å². The first-order valence-corrected chi connectivity index (χ1v) is 9.28. The van der Waals surface area contributed by atoms with Crippen molar-refractivity contribution >= 4 is 39.2 Å².